The van der Waals surface area contributed by atoms with Crippen molar-refractivity contribution in [3.63, 3.8) is 0 Å². The van der Waals surface area contributed by atoms with Crippen molar-refractivity contribution in [2.75, 3.05) is 6.54 Å². The maximum Gasteiger partial charge on any atom is 0.276 e. The highest BCUT2D eigenvalue weighted by molar-refractivity contribution is 5.92. The highest BCUT2D eigenvalue weighted by Crippen LogP contribution is 2.41. The Morgan fingerprint density at radius 2 is 1.92 bits per heavy atom. The minimum Gasteiger partial charge on any atom is -0.328 e. The van der Waals surface area contributed by atoms with E-state index in [4.69, 9.17) is 0 Å². The number of benzene rings is 1. The molecule has 1 aliphatic heterocycles. The van der Waals surface area contributed by atoms with Crippen LogP contribution in [0.3, 0.4) is 0 Å². The van der Waals surface area contributed by atoms with E-state index in [0.29, 0.717) is 24.7 Å². The summed E-state index contributed by atoms with van der Waals surface area (Å²) in [7, 11) is 0. The highest BCUT2D eigenvalue weighted by atomic mass is 16.2. The Morgan fingerprint density at radius 3 is 2.69 bits per heavy atom. The third-order valence-corrected chi connectivity index (χ3v) is 5.01. The van der Waals surface area contributed by atoms with E-state index in [1.807, 2.05) is 30.3 Å². The number of carbonyl (C=O) groups excluding carboxylic acids is 1. The third-order valence-electron chi connectivity index (χ3n) is 5.01. The lowest BCUT2D eigenvalue weighted by Crippen LogP contribution is -2.41. The summed E-state index contributed by atoms with van der Waals surface area (Å²) in [5, 5.41) is 16.8. The van der Waals surface area contributed by atoms with E-state index in [1.54, 1.807) is 15.8 Å². The van der Waals surface area contributed by atoms with Gasteiger partial charge in [-0.25, -0.2) is 4.68 Å². The molecule has 1 aromatic carbocycles. The van der Waals surface area contributed by atoms with E-state index < -0.39 is 0 Å². The van der Waals surface area contributed by atoms with Gasteiger partial charge in [0.05, 0.1) is 24.5 Å². The van der Waals surface area contributed by atoms with Gasteiger partial charge in [-0.1, -0.05) is 23.4 Å². The number of rotatable bonds is 3. The number of amides is 1. The fourth-order valence-corrected chi connectivity index (χ4v) is 3.57. The molecule has 8 nitrogen and oxygen atoms in total. The van der Waals surface area contributed by atoms with Crippen LogP contribution >= 0.6 is 0 Å². The first-order chi connectivity index (χ1) is 12.7. The molecule has 132 valence electrons. The van der Waals surface area contributed by atoms with Gasteiger partial charge in [-0.15, -0.1) is 15.3 Å². The highest BCUT2D eigenvalue weighted by Gasteiger charge is 2.36. The number of para-hydroxylation sites is 1. The van der Waals surface area contributed by atoms with Crippen molar-refractivity contribution >= 4 is 5.91 Å². The van der Waals surface area contributed by atoms with Crippen LogP contribution in [0, 0.1) is 0 Å². The molecule has 0 saturated heterocycles. The number of aromatic nitrogens is 6. The zero-order valence-corrected chi connectivity index (χ0v) is 14.5. The molecule has 2 aromatic heterocycles. The molecule has 1 fully saturated rings. The summed E-state index contributed by atoms with van der Waals surface area (Å²) in [5.74, 6) is 2.36. The minimum atomic E-state index is -0.124. The van der Waals surface area contributed by atoms with Crippen LogP contribution in [0.15, 0.2) is 36.5 Å². The Morgan fingerprint density at radius 1 is 1.12 bits per heavy atom. The molecule has 0 unspecified atom stereocenters. The monoisotopic (exact) mass is 349 g/mol. The molecule has 5 rings (SSSR count). The second-order valence-corrected chi connectivity index (χ2v) is 7.04. The molecule has 0 N–H and O–H groups in total. The van der Waals surface area contributed by atoms with Crippen molar-refractivity contribution < 1.29 is 4.79 Å². The van der Waals surface area contributed by atoms with Gasteiger partial charge in [0.2, 0.25) is 0 Å². The van der Waals surface area contributed by atoms with Crippen molar-refractivity contribution in [1.29, 1.82) is 0 Å². The van der Waals surface area contributed by atoms with Crippen LogP contribution in [0.2, 0.25) is 0 Å². The lowest BCUT2D eigenvalue weighted by molar-refractivity contribution is 0.0673. The van der Waals surface area contributed by atoms with Gasteiger partial charge in [0.15, 0.2) is 11.5 Å². The van der Waals surface area contributed by atoms with Crippen LogP contribution in [-0.4, -0.2) is 47.1 Å². The third kappa shape index (κ3) is 2.49. The first-order valence-electron chi connectivity index (χ1n) is 8.91. The summed E-state index contributed by atoms with van der Waals surface area (Å²) < 4.78 is 3.83. The van der Waals surface area contributed by atoms with E-state index in [9.17, 15) is 4.79 Å². The quantitative estimate of drug-likeness (QED) is 0.722. The average Bonchev–Trinajstić information content (AvgIpc) is 3.22. The van der Waals surface area contributed by atoms with E-state index in [1.165, 1.54) is 12.8 Å². The Balaban J connectivity index is 1.39. The number of hydrogen-bond donors (Lipinski definition) is 0. The second-order valence-electron chi connectivity index (χ2n) is 7.04. The topological polar surface area (TPSA) is 81.7 Å². The zero-order chi connectivity index (χ0) is 17.7. The molecule has 1 amide bonds. The standard InChI is InChI=1S/C18H19N7O/c1-12-9-23(11-16-20-21-17(25(12)16)13-7-8-13)18(26)15-10-24(22-19-15)14-5-3-2-4-6-14/h2-6,10,12-13H,7-9,11H2,1H3/t12-/m0/s1. The van der Waals surface area contributed by atoms with Crippen molar-refractivity contribution in [2.45, 2.75) is 38.3 Å². The van der Waals surface area contributed by atoms with E-state index in [2.05, 4.69) is 32.0 Å². The first kappa shape index (κ1) is 15.2. The summed E-state index contributed by atoms with van der Waals surface area (Å²) in [5.41, 5.74) is 1.22. The minimum absolute atomic E-state index is 0.124. The number of nitrogens with zero attached hydrogens (tertiary/aromatic N) is 7. The normalized spacial score (nSPS) is 19.4. The Labute approximate surface area is 150 Å². The molecule has 0 spiro atoms. The number of fused-ring (bicyclic) bond motifs is 1. The molecule has 0 bridgehead atoms. The summed E-state index contributed by atoms with van der Waals surface area (Å²) in [6, 6.07) is 9.80. The van der Waals surface area contributed by atoms with Crippen LogP contribution in [-0.2, 0) is 6.54 Å². The van der Waals surface area contributed by atoms with Gasteiger partial charge >= 0.3 is 0 Å². The molecular formula is C18H19N7O. The second kappa shape index (κ2) is 5.76. The van der Waals surface area contributed by atoms with E-state index in [-0.39, 0.29) is 11.9 Å². The molecule has 1 aliphatic carbocycles. The zero-order valence-electron chi connectivity index (χ0n) is 14.5. The molecule has 0 radical (unpaired) electrons. The average molecular weight is 349 g/mol. The predicted octanol–water partition coefficient (Wildman–Crippen LogP) is 1.95. The molecule has 1 atom stereocenters. The van der Waals surface area contributed by atoms with Crippen LogP contribution in [0.4, 0.5) is 0 Å². The maximum atomic E-state index is 12.9. The summed E-state index contributed by atoms with van der Waals surface area (Å²) in [4.78, 5) is 14.7. The smallest absolute Gasteiger partial charge is 0.276 e. The molecule has 1 saturated carbocycles. The van der Waals surface area contributed by atoms with Crippen molar-refractivity contribution in [1.82, 2.24) is 34.7 Å². The van der Waals surface area contributed by atoms with Gasteiger partial charge in [-0.3, -0.25) is 4.79 Å². The van der Waals surface area contributed by atoms with Gasteiger partial charge in [0.25, 0.3) is 5.91 Å². The summed E-state index contributed by atoms with van der Waals surface area (Å²) >= 11 is 0. The van der Waals surface area contributed by atoms with Crippen molar-refractivity contribution in [3.8, 4) is 5.69 Å². The van der Waals surface area contributed by atoms with E-state index >= 15 is 0 Å². The Hall–Kier alpha value is -3.03. The lowest BCUT2D eigenvalue weighted by atomic mass is 10.2. The Bertz CT molecular complexity index is 957. The number of carbonyl (C=O) groups is 1. The molecule has 2 aliphatic rings. The van der Waals surface area contributed by atoms with Crippen molar-refractivity contribution in [3.05, 3.63) is 53.9 Å². The van der Waals surface area contributed by atoms with Crippen LogP contribution in [0.25, 0.3) is 5.69 Å². The number of hydrogen-bond acceptors (Lipinski definition) is 5. The fraction of sp³-hybridized carbons (Fsp3) is 0.389. The van der Waals surface area contributed by atoms with Gasteiger partial charge in [0, 0.05) is 12.5 Å². The lowest BCUT2D eigenvalue weighted by Gasteiger charge is -2.32. The van der Waals surface area contributed by atoms with Crippen LogP contribution in [0.5, 0.6) is 0 Å². The molecule has 26 heavy (non-hydrogen) atoms. The van der Waals surface area contributed by atoms with Crippen LogP contribution in [0.1, 0.15) is 53.9 Å². The van der Waals surface area contributed by atoms with E-state index in [0.717, 1.165) is 17.3 Å². The summed E-state index contributed by atoms with van der Waals surface area (Å²) in [6.45, 7) is 3.20. The maximum absolute atomic E-state index is 12.9. The van der Waals surface area contributed by atoms with Gasteiger partial charge in [-0.2, -0.15) is 0 Å². The van der Waals surface area contributed by atoms with Gasteiger partial charge in [-0.05, 0) is 31.9 Å². The molecule has 3 heterocycles. The largest absolute Gasteiger partial charge is 0.328 e. The SMILES string of the molecule is C[C@H]1CN(C(=O)c2cn(-c3ccccc3)nn2)Cc2nnc(C3CC3)n21. The molecule has 8 heteroatoms. The van der Waals surface area contributed by atoms with Gasteiger partial charge < -0.3 is 9.47 Å². The fourth-order valence-electron chi connectivity index (χ4n) is 3.57. The molecular weight excluding hydrogens is 330 g/mol. The van der Waals surface area contributed by atoms with Crippen molar-refractivity contribution in [2.24, 2.45) is 0 Å². The Kier molecular flexibility index (Phi) is 3.37. The summed E-state index contributed by atoms with van der Waals surface area (Å²) in [6.07, 6.45) is 4.06. The first-order valence-corrected chi connectivity index (χ1v) is 8.91. The van der Waals surface area contributed by atoms with Gasteiger partial charge in [0.1, 0.15) is 5.82 Å². The molecule has 3 aromatic rings. The predicted molar refractivity (Wildman–Crippen MR) is 92.8 cm³/mol. The van der Waals surface area contributed by atoms with Crippen LogP contribution < -0.4 is 0 Å².